The second-order valence-corrected chi connectivity index (χ2v) is 6.49. The highest BCUT2D eigenvalue weighted by molar-refractivity contribution is 9.09. The first-order valence-corrected chi connectivity index (χ1v) is 8.75. The molecule has 1 fully saturated rings. The first kappa shape index (κ1) is 14.6. The highest BCUT2D eigenvalue weighted by atomic mass is 79.9. The number of carbonyl (C=O) groups excluding carboxylic acids is 1. The van der Waals surface area contributed by atoms with Gasteiger partial charge in [0.15, 0.2) is 0 Å². The van der Waals surface area contributed by atoms with Crippen molar-refractivity contribution in [3.8, 4) is 0 Å². The molecule has 0 spiro atoms. The predicted molar refractivity (Wildman–Crippen MR) is 91.0 cm³/mol. The number of nitrogens with one attached hydrogen (secondary N) is 1. The van der Waals surface area contributed by atoms with Gasteiger partial charge in [-0.3, -0.25) is 4.79 Å². The fourth-order valence-electron chi connectivity index (χ4n) is 3.16. The lowest BCUT2D eigenvalue weighted by Crippen LogP contribution is -2.42. The standard InChI is InChI=1S/C18H20BrNO/c19-12-16-7-3-4-8-17(16)20-18(21)15-10-9-13-5-1-2-6-14(13)11-15/h1-2,5-6,9-11,16-17H,3-4,7-8,12H2,(H,20,21). The van der Waals surface area contributed by atoms with Gasteiger partial charge in [-0.1, -0.05) is 59.1 Å². The summed E-state index contributed by atoms with van der Waals surface area (Å²) in [5.74, 6) is 0.613. The highest BCUT2D eigenvalue weighted by Crippen LogP contribution is 2.26. The Balaban J connectivity index is 1.76. The molecule has 1 saturated carbocycles. The first-order chi connectivity index (χ1) is 10.3. The van der Waals surface area contributed by atoms with Crippen molar-refractivity contribution in [2.75, 3.05) is 5.33 Å². The molecule has 2 unspecified atom stereocenters. The predicted octanol–water partition coefficient (Wildman–Crippen LogP) is 4.52. The van der Waals surface area contributed by atoms with E-state index in [-0.39, 0.29) is 5.91 Å². The molecule has 2 atom stereocenters. The Hall–Kier alpha value is -1.35. The Labute approximate surface area is 134 Å². The van der Waals surface area contributed by atoms with Crippen molar-refractivity contribution in [2.45, 2.75) is 31.7 Å². The normalized spacial score (nSPS) is 22.1. The van der Waals surface area contributed by atoms with Crippen molar-refractivity contribution in [1.82, 2.24) is 5.32 Å². The zero-order valence-electron chi connectivity index (χ0n) is 12.0. The van der Waals surface area contributed by atoms with Crippen LogP contribution in [0.3, 0.4) is 0 Å². The highest BCUT2D eigenvalue weighted by Gasteiger charge is 2.25. The minimum Gasteiger partial charge on any atom is -0.349 e. The second-order valence-electron chi connectivity index (χ2n) is 5.84. The maximum absolute atomic E-state index is 12.5. The van der Waals surface area contributed by atoms with Crippen LogP contribution < -0.4 is 5.32 Å². The van der Waals surface area contributed by atoms with E-state index >= 15 is 0 Å². The molecule has 2 nitrogen and oxygen atoms in total. The van der Waals surface area contributed by atoms with E-state index in [4.69, 9.17) is 0 Å². The van der Waals surface area contributed by atoms with Crippen LogP contribution in [-0.4, -0.2) is 17.3 Å². The Morgan fingerprint density at radius 1 is 1.10 bits per heavy atom. The van der Waals surface area contributed by atoms with Gasteiger partial charge in [-0.05, 0) is 41.7 Å². The summed E-state index contributed by atoms with van der Waals surface area (Å²) in [4.78, 5) is 12.5. The lowest BCUT2D eigenvalue weighted by molar-refractivity contribution is 0.0912. The van der Waals surface area contributed by atoms with Crippen LogP contribution in [0, 0.1) is 5.92 Å². The second kappa shape index (κ2) is 6.61. The number of carbonyl (C=O) groups is 1. The zero-order valence-corrected chi connectivity index (χ0v) is 13.6. The number of alkyl halides is 1. The molecule has 0 bridgehead atoms. The molecular weight excluding hydrogens is 326 g/mol. The van der Waals surface area contributed by atoms with E-state index in [1.54, 1.807) is 0 Å². The van der Waals surface area contributed by atoms with Gasteiger partial charge in [0.05, 0.1) is 0 Å². The third kappa shape index (κ3) is 3.29. The van der Waals surface area contributed by atoms with Gasteiger partial charge in [-0.25, -0.2) is 0 Å². The van der Waals surface area contributed by atoms with E-state index in [0.29, 0.717) is 12.0 Å². The van der Waals surface area contributed by atoms with Crippen LogP contribution >= 0.6 is 15.9 Å². The minimum atomic E-state index is 0.0543. The summed E-state index contributed by atoms with van der Waals surface area (Å²) in [5, 5.41) is 6.49. The van der Waals surface area contributed by atoms with E-state index in [2.05, 4.69) is 27.3 Å². The van der Waals surface area contributed by atoms with Crippen LogP contribution in [-0.2, 0) is 0 Å². The molecule has 0 radical (unpaired) electrons. The molecule has 1 aliphatic carbocycles. The SMILES string of the molecule is O=C(NC1CCCCC1CBr)c1ccc2ccccc2c1. The molecule has 21 heavy (non-hydrogen) atoms. The van der Waals surface area contributed by atoms with Gasteiger partial charge in [0.25, 0.3) is 5.91 Å². The van der Waals surface area contributed by atoms with Gasteiger partial charge in [0.1, 0.15) is 0 Å². The van der Waals surface area contributed by atoms with Crippen molar-refractivity contribution >= 4 is 32.6 Å². The van der Waals surface area contributed by atoms with Gasteiger partial charge >= 0.3 is 0 Å². The van der Waals surface area contributed by atoms with E-state index < -0.39 is 0 Å². The van der Waals surface area contributed by atoms with Gasteiger partial charge in [0.2, 0.25) is 0 Å². The largest absolute Gasteiger partial charge is 0.349 e. The van der Waals surface area contributed by atoms with Crippen LogP contribution in [0.1, 0.15) is 36.0 Å². The van der Waals surface area contributed by atoms with E-state index in [0.717, 1.165) is 22.7 Å². The van der Waals surface area contributed by atoms with Gasteiger partial charge in [-0.2, -0.15) is 0 Å². The maximum Gasteiger partial charge on any atom is 0.251 e. The van der Waals surface area contributed by atoms with Crippen LogP contribution in [0.2, 0.25) is 0 Å². The lowest BCUT2D eigenvalue weighted by Gasteiger charge is -2.31. The molecule has 2 aromatic rings. The number of hydrogen-bond donors (Lipinski definition) is 1. The summed E-state index contributed by atoms with van der Waals surface area (Å²) < 4.78 is 0. The molecular formula is C18H20BrNO. The molecule has 1 amide bonds. The quantitative estimate of drug-likeness (QED) is 0.814. The number of benzene rings is 2. The number of fused-ring (bicyclic) bond motifs is 1. The lowest BCUT2D eigenvalue weighted by atomic mass is 9.85. The summed E-state index contributed by atoms with van der Waals surface area (Å²) >= 11 is 3.58. The third-order valence-corrected chi connectivity index (χ3v) is 5.27. The van der Waals surface area contributed by atoms with Crippen LogP contribution in [0.4, 0.5) is 0 Å². The van der Waals surface area contributed by atoms with E-state index in [1.165, 1.54) is 24.6 Å². The molecule has 3 rings (SSSR count). The summed E-state index contributed by atoms with van der Waals surface area (Å²) in [5.41, 5.74) is 0.757. The van der Waals surface area contributed by atoms with E-state index in [1.807, 2.05) is 36.4 Å². The topological polar surface area (TPSA) is 29.1 Å². The number of rotatable bonds is 3. The van der Waals surface area contributed by atoms with Gasteiger partial charge < -0.3 is 5.32 Å². The average Bonchev–Trinajstić information content (AvgIpc) is 2.55. The van der Waals surface area contributed by atoms with Crippen molar-refractivity contribution < 1.29 is 4.79 Å². The molecule has 2 aromatic carbocycles. The number of amides is 1. The van der Waals surface area contributed by atoms with Crippen molar-refractivity contribution in [1.29, 1.82) is 0 Å². The fourth-order valence-corrected chi connectivity index (χ4v) is 3.94. The van der Waals surface area contributed by atoms with Crippen molar-refractivity contribution in [3.05, 3.63) is 48.0 Å². The molecule has 3 heteroatoms. The number of halogens is 1. The van der Waals surface area contributed by atoms with Crippen molar-refractivity contribution in [3.63, 3.8) is 0 Å². The Bertz CT molecular complexity index is 640. The molecule has 0 aliphatic heterocycles. The third-order valence-electron chi connectivity index (χ3n) is 4.44. The Morgan fingerprint density at radius 2 is 1.86 bits per heavy atom. The Morgan fingerprint density at radius 3 is 2.67 bits per heavy atom. The molecule has 0 heterocycles. The smallest absolute Gasteiger partial charge is 0.251 e. The molecule has 1 aliphatic rings. The minimum absolute atomic E-state index is 0.0543. The van der Waals surface area contributed by atoms with E-state index in [9.17, 15) is 4.79 Å². The van der Waals surface area contributed by atoms with Crippen LogP contribution in [0.15, 0.2) is 42.5 Å². The average molecular weight is 346 g/mol. The molecule has 1 N–H and O–H groups in total. The number of hydrogen-bond acceptors (Lipinski definition) is 1. The summed E-state index contributed by atoms with van der Waals surface area (Å²) in [6, 6.07) is 14.4. The van der Waals surface area contributed by atoms with Gasteiger partial charge in [-0.15, -0.1) is 0 Å². The van der Waals surface area contributed by atoms with Crippen LogP contribution in [0.5, 0.6) is 0 Å². The van der Waals surface area contributed by atoms with Crippen molar-refractivity contribution in [2.24, 2.45) is 5.92 Å². The summed E-state index contributed by atoms with van der Waals surface area (Å²) in [6.07, 6.45) is 4.79. The van der Waals surface area contributed by atoms with Crippen LogP contribution in [0.25, 0.3) is 10.8 Å². The first-order valence-electron chi connectivity index (χ1n) is 7.63. The Kier molecular flexibility index (Phi) is 4.59. The fraction of sp³-hybridized carbons (Fsp3) is 0.389. The maximum atomic E-state index is 12.5. The molecule has 0 aromatic heterocycles. The summed E-state index contributed by atoms with van der Waals surface area (Å²) in [7, 11) is 0. The molecule has 0 saturated heterocycles. The summed E-state index contributed by atoms with van der Waals surface area (Å²) in [6.45, 7) is 0. The van der Waals surface area contributed by atoms with Gasteiger partial charge in [0, 0.05) is 16.9 Å². The monoisotopic (exact) mass is 345 g/mol. The zero-order chi connectivity index (χ0) is 14.7. The molecule has 110 valence electrons.